The van der Waals surface area contributed by atoms with E-state index in [9.17, 15) is 4.79 Å². The number of aryl methyl sites for hydroxylation is 1. The number of halogens is 2. The first-order valence-corrected chi connectivity index (χ1v) is 8.65. The van der Waals surface area contributed by atoms with Gasteiger partial charge in [0, 0.05) is 20.6 Å². The van der Waals surface area contributed by atoms with E-state index in [1.807, 2.05) is 31.2 Å². The summed E-state index contributed by atoms with van der Waals surface area (Å²) in [6, 6.07) is 16.3. The molecule has 0 aliphatic rings. The zero-order valence-electron chi connectivity index (χ0n) is 13.3. The molecule has 0 bridgehead atoms. The van der Waals surface area contributed by atoms with Gasteiger partial charge in [0.05, 0.1) is 6.21 Å². The average molecular weight is 418 g/mol. The molecular weight excluding hydrogens is 404 g/mol. The van der Waals surface area contributed by atoms with Gasteiger partial charge in [0.2, 0.25) is 0 Å². The summed E-state index contributed by atoms with van der Waals surface area (Å²) in [5.74, 6) is 0.912. The van der Waals surface area contributed by atoms with Crippen LogP contribution in [0.1, 0.15) is 21.7 Å². The second-order valence-corrected chi connectivity index (χ2v) is 6.69. The third kappa shape index (κ3) is 4.38. The Labute approximate surface area is 158 Å². The van der Waals surface area contributed by atoms with Crippen LogP contribution in [-0.4, -0.2) is 12.1 Å². The highest BCUT2D eigenvalue weighted by atomic mass is 79.9. The molecule has 6 heteroatoms. The van der Waals surface area contributed by atoms with Gasteiger partial charge in [-0.15, -0.1) is 0 Å². The Kier molecular flexibility index (Phi) is 5.36. The molecule has 2 aromatic carbocycles. The quantitative estimate of drug-likeness (QED) is 0.454. The summed E-state index contributed by atoms with van der Waals surface area (Å²) in [6.45, 7) is 2.03. The van der Waals surface area contributed by atoms with Crippen LogP contribution in [0.15, 0.2) is 68.6 Å². The molecule has 0 radical (unpaired) electrons. The first kappa shape index (κ1) is 17.5. The molecule has 1 amide bonds. The Hall–Kier alpha value is -2.37. The zero-order chi connectivity index (χ0) is 17.8. The third-order valence-corrected chi connectivity index (χ3v) is 4.35. The van der Waals surface area contributed by atoms with E-state index in [4.69, 9.17) is 16.0 Å². The first-order valence-electron chi connectivity index (χ1n) is 7.48. The number of hydrazone groups is 1. The minimum Gasteiger partial charge on any atom is -0.455 e. The summed E-state index contributed by atoms with van der Waals surface area (Å²) in [5, 5.41) is 4.41. The minimum atomic E-state index is -0.341. The summed E-state index contributed by atoms with van der Waals surface area (Å²) in [7, 11) is 0. The fourth-order valence-corrected chi connectivity index (χ4v) is 3.11. The SMILES string of the molecule is Cc1ccc(-c2ccc(/C=N\NC(=O)c3cccc(Cl)c3)o2)c(Br)c1. The number of amides is 1. The highest BCUT2D eigenvalue weighted by Gasteiger charge is 2.08. The van der Waals surface area contributed by atoms with E-state index in [0.717, 1.165) is 21.4 Å². The van der Waals surface area contributed by atoms with Crippen LogP contribution in [0.5, 0.6) is 0 Å². The molecule has 0 atom stereocenters. The number of hydrogen-bond acceptors (Lipinski definition) is 3. The fourth-order valence-electron chi connectivity index (χ4n) is 2.24. The monoisotopic (exact) mass is 416 g/mol. The summed E-state index contributed by atoms with van der Waals surface area (Å²) in [4.78, 5) is 12.0. The maximum Gasteiger partial charge on any atom is 0.271 e. The molecule has 126 valence electrons. The van der Waals surface area contributed by atoms with Gasteiger partial charge >= 0.3 is 0 Å². The molecule has 0 spiro atoms. The second kappa shape index (κ2) is 7.68. The van der Waals surface area contributed by atoms with Crippen molar-refractivity contribution in [2.45, 2.75) is 6.92 Å². The number of carbonyl (C=O) groups is 1. The van der Waals surface area contributed by atoms with Crippen LogP contribution >= 0.6 is 27.5 Å². The molecule has 25 heavy (non-hydrogen) atoms. The van der Waals surface area contributed by atoms with Crippen LogP contribution in [0, 0.1) is 6.92 Å². The number of nitrogens with zero attached hydrogens (tertiary/aromatic N) is 1. The molecule has 0 aliphatic heterocycles. The molecule has 3 rings (SSSR count). The predicted molar refractivity (Wildman–Crippen MR) is 103 cm³/mol. The van der Waals surface area contributed by atoms with E-state index in [1.165, 1.54) is 6.21 Å². The van der Waals surface area contributed by atoms with E-state index < -0.39 is 0 Å². The van der Waals surface area contributed by atoms with Crippen LogP contribution < -0.4 is 5.43 Å². The van der Waals surface area contributed by atoms with Gasteiger partial charge in [-0.2, -0.15) is 5.10 Å². The van der Waals surface area contributed by atoms with Gasteiger partial charge in [-0.05, 0) is 55.0 Å². The Morgan fingerprint density at radius 2 is 2.04 bits per heavy atom. The van der Waals surface area contributed by atoms with Crippen molar-refractivity contribution in [1.82, 2.24) is 5.43 Å². The first-order chi connectivity index (χ1) is 12.0. The van der Waals surface area contributed by atoms with Gasteiger partial charge in [0.25, 0.3) is 5.91 Å². The van der Waals surface area contributed by atoms with Crippen molar-refractivity contribution in [2.75, 3.05) is 0 Å². The molecule has 3 aromatic rings. The number of rotatable bonds is 4. The normalized spacial score (nSPS) is 11.0. The number of hydrogen-bond donors (Lipinski definition) is 1. The van der Waals surface area contributed by atoms with Gasteiger partial charge in [-0.1, -0.05) is 39.7 Å². The number of nitrogens with one attached hydrogen (secondary N) is 1. The fraction of sp³-hybridized carbons (Fsp3) is 0.0526. The van der Waals surface area contributed by atoms with Gasteiger partial charge < -0.3 is 4.42 Å². The molecule has 0 unspecified atom stereocenters. The Morgan fingerprint density at radius 3 is 2.80 bits per heavy atom. The summed E-state index contributed by atoms with van der Waals surface area (Å²) < 4.78 is 6.70. The van der Waals surface area contributed by atoms with Crippen LogP contribution in [-0.2, 0) is 0 Å². The summed E-state index contributed by atoms with van der Waals surface area (Å²) in [6.07, 6.45) is 1.45. The topological polar surface area (TPSA) is 54.6 Å². The Balaban J connectivity index is 1.69. The molecule has 1 N–H and O–H groups in total. The van der Waals surface area contributed by atoms with Crippen molar-refractivity contribution in [3.63, 3.8) is 0 Å². The molecule has 0 fully saturated rings. The van der Waals surface area contributed by atoms with Crippen LogP contribution in [0.25, 0.3) is 11.3 Å². The lowest BCUT2D eigenvalue weighted by molar-refractivity contribution is 0.0955. The van der Waals surface area contributed by atoms with Crippen LogP contribution in [0.2, 0.25) is 5.02 Å². The summed E-state index contributed by atoms with van der Waals surface area (Å²) >= 11 is 9.40. The lowest BCUT2D eigenvalue weighted by Crippen LogP contribution is -2.17. The molecule has 0 saturated carbocycles. The molecule has 4 nitrogen and oxygen atoms in total. The lowest BCUT2D eigenvalue weighted by atomic mass is 10.1. The minimum absolute atomic E-state index is 0.341. The average Bonchev–Trinajstić information content (AvgIpc) is 3.03. The standard InChI is InChI=1S/C19H14BrClN2O2/c1-12-5-7-16(17(20)9-12)18-8-6-15(25-18)11-22-23-19(24)13-3-2-4-14(21)10-13/h2-11H,1H3,(H,23,24)/b22-11-. The van der Waals surface area contributed by atoms with Crippen molar-refractivity contribution in [2.24, 2.45) is 5.10 Å². The van der Waals surface area contributed by atoms with E-state index in [0.29, 0.717) is 16.3 Å². The molecule has 1 heterocycles. The molecular formula is C19H14BrClN2O2. The third-order valence-electron chi connectivity index (χ3n) is 3.46. The van der Waals surface area contributed by atoms with Crippen molar-refractivity contribution in [3.8, 4) is 11.3 Å². The highest BCUT2D eigenvalue weighted by Crippen LogP contribution is 2.30. The van der Waals surface area contributed by atoms with Gasteiger partial charge in [0.15, 0.2) is 0 Å². The largest absolute Gasteiger partial charge is 0.455 e. The number of carbonyl (C=O) groups excluding carboxylic acids is 1. The van der Waals surface area contributed by atoms with Crippen molar-refractivity contribution in [3.05, 3.63) is 81.0 Å². The molecule has 0 aliphatic carbocycles. The smallest absolute Gasteiger partial charge is 0.271 e. The van der Waals surface area contributed by atoms with E-state index in [2.05, 4.69) is 26.5 Å². The molecule has 1 aromatic heterocycles. The number of furan rings is 1. The highest BCUT2D eigenvalue weighted by molar-refractivity contribution is 9.10. The number of benzene rings is 2. The van der Waals surface area contributed by atoms with E-state index >= 15 is 0 Å². The van der Waals surface area contributed by atoms with Crippen LogP contribution in [0.4, 0.5) is 0 Å². The van der Waals surface area contributed by atoms with Gasteiger partial charge in [-0.3, -0.25) is 4.79 Å². The van der Waals surface area contributed by atoms with Gasteiger partial charge in [-0.25, -0.2) is 5.43 Å². The van der Waals surface area contributed by atoms with E-state index in [-0.39, 0.29) is 5.91 Å². The zero-order valence-corrected chi connectivity index (χ0v) is 15.6. The second-order valence-electron chi connectivity index (χ2n) is 5.39. The van der Waals surface area contributed by atoms with Crippen molar-refractivity contribution >= 4 is 39.7 Å². The Bertz CT molecular complexity index is 950. The Morgan fingerprint density at radius 1 is 1.20 bits per heavy atom. The summed E-state index contributed by atoms with van der Waals surface area (Å²) in [5.41, 5.74) is 5.00. The lowest BCUT2D eigenvalue weighted by Gasteiger charge is -2.02. The van der Waals surface area contributed by atoms with Crippen molar-refractivity contribution < 1.29 is 9.21 Å². The maximum absolute atomic E-state index is 12.0. The maximum atomic E-state index is 12.0. The predicted octanol–water partition coefficient (Wildman–Crippen LogP) is 5.43. The van der Waals surface area contributed by atoms with Gasteiger partial charge in [0.1, 0.15) is 11.5 Å². The molecule has 0 saturated heterocycles. The van der Waals surface area contributed by atoms with Crippen molar-refractivity contribution in [1.29, 1.82) is 0 Å². The van der Waals surface area contributed by atoms with Crippen LogP contribution in [0.3, 0.4) is 0 Å². The van der Waals surface area contributed by atoms with E-state index in [1.54, 1.807) is 30.3 Å².